The third-order valence-corrected chi connectivity index (χ3v) is 6.33. The third kappa shape index (κ3) is 5.42. The SMILES string of the molecule is COc1cccc(CN2C(=O)C(=O)/C(=C(/O)c3cc(OC)ccc3Cl)C2c2cccc(OC(C)C)c2)c1. The maximum Gasteiger partial charge on any atom is 0.295 e. The van der Waals surface area contributed by atoms with Crippen molar-refractivity contribution in [2.24, 2.45) is 0 Å². The molecule has 0 spiro atoms. The maximum atomic E-state index is 13.4. The van der Waals surface area contributed by atoms with Crippen LogP contribution < -0.4 is 14.2 Å². The number of nitrogens with zero attached hydrogens (tertiary/aromatic N) is 1. The first kappa shape index (κ1) is 26.1. The highest BCUT2D eigenvalue weighted by molar-refractivity contribution is 6.47. The fourth-order valence-corrected chi connectivity index (χ4v) is 4.55. The Morgan fingerprint density at radius 1 is 0.946 bits per heavy atom. The van der Waals surface area contributed by atoms with Crippen LogP contribution in [-0.2, 0) is 16.1 Å². The van der Waals surface area contributed by atoms with Crippen molar-refractivity contribution in [2.75, 3.05) is 14.2 Å². The molecule has 7 nitrogen and oxygen atoms in total. The molecule has 1 N–H and O–H groups in total. The van der Waals surface area contributed by atoms with Crippen molar-refractivity contribution in [2.45, 2.75) is 32.5 Å². The van der Waals surface area contributed by atoms with E-state index in [-0.39, 0.29) is 34.6 Å². The van der Waals surface area contributed by atoms with Crippen LogP contribution in [0.3, 0.4) is 0 Å². The van der Waals surface area contributed by atoms with Gasteiger partial charge in [-0.1, -0.05) is 35.9 Å². The van der Waals surface area contributed by atoms with Gasteiger partial charge >= 0.3 is 0 Å². The minimum atomic E-state index is -0.885. The van der Waals surface area contributed by atoms with E-state index in [1.807, 2.05) is 26.0 Å². The second-order valence-corrected chi connectivity index (χ2v) is 9.27. The highest BCUT2D eigenvalue weighted by Crippen LogP contribution is 2.42. The summed E-state index contributed by atoms with van der Waals surface area (Å²) in [6, 6.07) is 18.3. The molecule has 1 heterocycles. The molecule has 192 valence electrons. The number of hydrogen-bond donors (Lipinski definition) is 1. The molecule has 1 atom stereocenters. The van der Waals surface area contributed by atoms with E-state index in [1.54, 1.807) is 55.6 Å². The molecule has 3 aromatic rings. The minimum Gasteiger partial charge on any atom is -0.507 e. The molecule has 0 bridgehead atoms. The molecule has 1 aliphatic heterocycles. The number of carbonyl (C=O) groups is 2. The molecular formula is C29H28ClNO6. The number of benzene rings is 3. The van der Waals surface area contributed by atoms with Gasteiger partial charge in [0.15, 0.2) is 0 Å². The summed E-state index contributed by atoms with van der Waals surface area (Å²) < 4.78 is 16.5. The van der Waals surface area contributed by atoms with Crippen LogP contribution in [0.15, 0.2) is 72.3 Å². The first-order valence-electron chi connectivity index (χ1n) is 11.7. The Bertz CT molecular complexity index is 1370. The normalized spacial score (nSPS) is 16.8. The summed E-state index contributed by atoms with van der Waals surface area (Å²) in [5.41, 5.74) is 1.51. The smallest absolute Gasteiger partial charge is 0.295 e. The molecule has 1 unspecified atom stereocenters. The van der Waals surface area contributed by atoms with E-state index in [9.17, 15) is 14.7 Å². The Kier molecular flexibility index (Phi) is 7.74. The second kappa shape index (κ2) is 11.0. The van der Waals surface area contributed by atoms with Gasteiger partial charge in [-0.3, -0.25) is 9.59 Å². The molecule has 1 aliphatic rings. The van der Waals surface area contributed by atoms with E-state index in [0.29, 0.717) is 22.8 Å². The van der Waals surface area contributed by atoms with Crippen molar-refractivity contribution in [1.29, 1.82) is 0 Å². The number of amides is 1. The lowest BCUT2D eigenvalue weighted by Gasteiger charge is -2.26. The van der Waals surface area contributed by atoms with Crippen molar-refractivity contribution in [3.8, 4) is 17.2 Å². The highest BCUT2D eigenvalue weighted by atomic mass is 35.5. The number of aliphatic hydroxyl groups excluding tert-OH is 1. The van der Waals surface area contributed by atoms with Crippen LogP contribution in [0.1, 0.15) is 36.6 Å². The Morgan fingerprint density at radius 3 is 2.32 bits per heavy atom. The van der Waals surface area contributed by atoms with Crippen molar-refractivity contribution < 1.29 is 28.9 Å². The van der Waals surface area contributed by atoms with E-state index in [2.05, 4.69) is 0 Å². The van der Waals surface area contributed by atoms with Gasteiger partial charge in [-0.25, -0.2) is 0 Å². The molecule has 37 heavy (non-hydrogen) atoms. The summed E-state index contributed by atoms with van der Waals surface area (Å²) in [7, 11) is 3.05. The number of likely N-dealkylation sites (tertiary alicyclic amines) is 1. The molecule has 0 radical (unpaired) electrons. The van der Waals surface area contributed by atoms with Crippen LogP contribution in [0, 0.1) is 0 Å². The topological polar surface area (TPSA) is 85.3 Å². The highest BCUT2D eigenvalue weighted by Gasteiger charge is 2.46. The van der Waals surface area contributed by atoms with E-state index >= 15 is 0 Å². The van der Waals surface area contributed by atoms with Crippen LogP contribution in [0.25, 0.3) is 5.76 Å². The van der Waals surface area contributed by atoms with Crippen molar-refractivity contribution >= 4 is 29.1 Å². The van der Waals surface area contributed by atoms with Gasteiger partial charge in [-0.15, -0.1) is 0 Å². The average molecular weight is 522 g/mol. The van der Waals surface area contributed by atoms with Gasteiger partial charge in [-0.2, -0.15) is 0 Å². The zero-order valence-electron chi connectivity index (χ0n) is 21.0. The first-order valence-corrected chi connectivity index (χ1v) is 12.1. The van der Waals surface area contributed by atoms with Gasteiger partial charge in [0.25, 0.3) is 11.7 Å². The van der Waals surface area contributed by atoms with E-state index in [1.165, 1.54) is 18.1 Å². The Balaban J connectivity index is 1.89. The number of Topliss-reactive ketones (excluding diaryl/α,β-unsaturated/α-hetero) is 1. The molecule has 3 aromatic carbocycles. The molecular weight excluding hydrogens is 494 g/mol. The standard InChI is InChI=1S/C29H28ClNO6/c1-17(2)37-22-10-6-8-19(14-22)26-25(27(32)23-15-21(36-4)11-12-24(23)30)28(33)29(34)31(26)16-18-7-5-9-20(13-18)35-3/h5-15,17,26,32H,16H2,1-4H3/b27-25+. The summed E-state index contributed by atoms with van der Waals surface area (Å²) in [6.07, 6.45) is -0.0750. The van der Waals surface area contributed by atoms with Crippen molar-refractivity contribution in [1.82, 2.24) is 4.90 Å². The largest absolute Gasteiger partial charge is 0.507 e. The summed E-state index contributed by atoms with van der Waals surface area (Å²) in [6.45, 7) is 3.93. The monoisotopic (exact) mass is 521 g/mol. The van der Waals surface area contributed by atoms with E-state index in [4.69, 9.17) is 25.8 Å². The predicted octanol–water partition coefficient (Wildman–Crippen LogP) is 5.77. The van der Waals surface area contributed by atoms with Gasteiger partial charge in [-0.05, 0) is 67.4 Å². The zero-order valence-corrected chi connectivity index (χ0v) is 21.8. The number of rotatable bonds is 8. The molecule has 0 aliphatic carbocycles. The number of hydrogen-bond acceptors (Lipinski definition) is 6. The number of ketones is 1. The molecule has 4 rings (SSSR count). The molecule has 0 aromatic heterocycles. The van der Waals surface area contributed by atoms with Gasteiger partial charge < -0.3 is 24.2 Å². The van der Waals surface area contributed by atoms with Crippen LogP contribution >= 0.6 is 11.6 Å². The van der Waals surface area contributed by atoms with Crippen LogP contribution in [0.2, 0.25) is 5.02 Å². The summed E-state index contributed by atoms with van der Waals surface area (Å²) in [4.78, 5) is 28.2. The lowest BCUT2D eigenvalue weighted by atomic mass is 9.95. The number of halogens is 1. The molecule has 1 saturated heterocycles. The third-order valence-electron chi connectivity index (χ3n) is 6.00. The van der Waals surface area contributed by atoms with Crippen LogP contribution in [-0.4, -0.2) is 42.0 Å². The molecule has 8 heteroatoms. The van der Waals surface area contributed by atoms with Crippen molar-refractivity contribution in [3.63, 3.8) is 0 Å². The minimum absolute atomic E-state index is 0.0650. The first-order chi connectivity index (χ1) is 17.7. The van der Waals surface area contributed by atoms with Gasteiger partial charge in [0.1, 0.15) is 23.0 Å². The molecule has 1 fully saturated rings. The fraction of sp³-hybridized carbons (Fsp3) is 0.241. The number of methoxy groups -OCH3 is 2. The second-order valence-electron chi connectivity index (χ2n) is 8.86. The van der Waals surface area contributed by atoms with Crippen LogP contribution in [0.4, 0.5) is 0 Å². The lowest BCUT2D eigenvalue weighted by Crippen LogP contribution is -2.29. The quantitative estimate of drug-likeness (QED) is 0.230. The summed E-state index contributed by atoms with van der Waals surface area (Å²) in [5, 5.41) is 11.6. The average Bonchev–Trinajstić information content (AvgIpc) is 3.13. The Hall–Kier alpha value is -3.97. The van der Waals surface area contributed by atoms with Gasteiger partial charge in [0, 0.05) is 12.1 Å². The van der Waals surface area contributed by atoms with Gasteiger partial charge in [0.05, 0.1) is 37.0 Å². The van der Waals surface area contributed by atoms with E-state index < -0.39 is 17.7 Å². The number of aliphatic hydroxyl groups is 1. The van der Waals surface area contributed by atoms with Crippen molar-refractivity contribution in [3.05, 3.63) is 94.0 Å². The molecule has 0 saturated carbocycles. The Morgan fingerprint density at radius 2 is 1.62 bits per heavy atom. The van der Waals surface area contributed by atoms with E-state index in [0.717, 1.165) is 5.56 Å². The molecule has 1 amide bonds. The lowest BCUT2D eigenvalue weighted by molar-refractivity contribution is -0.140. The Labute approximate surface area is 220 Å². The number of ether oxygens (including phenoxy) is 3. The predicted molar refractivity (Wildman–Crippen MR) is 141 cm³/mol. The number of carbonyl (C=O) groups excluding carboxylic acids is 2. The van der Waals surface area contributed by atoms with Gasteiger partial charge in [0.2, 0.25) is 0 Å². The summed E-state index contributed by atoms with van der Waals surface area (Å²) >= 11 is 6.39. The fourth-order valence-electron chi connectivity index (χ4n) is 4.35. The maximum absolute atomic E-state index is 13.4. The zero-order chi connectivity index (χ0) is 26.7. The van der Waals surface area contributed by atoms with Crippen LogP contribution in [0.5, 0.6) is 17.2 Å². The summed E-state index contributed by atoms with van der Waals surface area (Å²) in [5.74, 6) is -0.265.